The van der Waals surface area contributed by atoms with Gasteiger partial charge in [0.1, 0.15) is 0 Å². The molecule has 1 aromatic rings. The summed E-state index contributed by atoms with van der Waals surface area (Å²) < 4.78 is 0. The quantitative estimate of drug-likeness (QED) is 0.844. The van der Waals surface area contributed by atoms with Crippen molar-refractivity contribution in [3.63, 3.8) is 0 Å². The first-order valence-electron chi connectivity index (χ1n) is 4.90. The van der Waals surface area contributed by atoms with E-state index in [4.69, 9.17) is 23.2 Å². The van der Waals surface area contributed by atoms with Crippen molar-refractivity contribution in [1.29, 1.82) is 0 Å². The maximum Gasteiger partial charge on any atom is 0.234 e. The van der Waals surface area contributed by atoms with Crippen LogP contribution in [0.2, 0.25) is 10.0 Å². The van der Waals surface area contributed by atoms with E-state index in [0.29, 0.717) is 22.9 Å². The first-order valence-corrected chi connectivity index (χ1v) is 5.65. The Morgan fingerprint density at radius 1 is 1.38 bits per heavy atom. The van der Waals surface area contributed by atoms with Gasteiger partial charge in [0.25, 0.3) is 0 Å². The van der Waals surface area contributed by atoms with Crippen molar-refractivity contribution in [2.75, 3.05) is 14.1 Å². The lowest BCUT2D eigenvalue weighted by molar-refractivity contribution is -0.124. The van der Waals surface area contributed by atoms with Gasteiger partial charge in [0.2, 0.25) is 5.91 Å². The topological polar surface area (TPSA) is 32.3 Å². The molecule has 16 heavy (non-hydrogen) atoms. The number of benzene rings is 1. The van der Waals surface area contributed by atoms with Crippen molar-refractivity contribution in [1.82, 2.24) is 10.4 Å². The normalized spacial score (nSPS) is 10.6. The van der Waals surface area contributed by atoms with Crippen LogP contribution in [0.4, 0.5) is 0 Å². The van der Waals surface area contributed by atoms with Crippen LogP contribution in [0.25, 0.3) is 0 Å². The van der Waals surface area contributed by atoms with Crippen molar-refractivity contribution in [3.8, 4) is 0 Å². The molecule has 0 unspecified atom stereocenters. The molecule has 1 amide bonds. The zero-order valence-electron chi connectivity index (χ0n) is 9.26. The van der Waals surface area contributed by atoms with E-state index in [0.717, 1.165) is 5.56 Å². The molecule has 0 saturated heterocycles. The number of hydrazine groups is 1. The SMILES string of the molecule is CN(C)NC(=O)CCc1ccc(Cl)cc1Cl. The first-order chi connectivity index (χ1) is 7.49. The van der Waals surface area contributed by atoms with Crippen molar-refractivity contribution < 1.29 is 4.79 Å². The third-order valence-electron chi connectivity index (χ3n) is 1.98. The molecule has 1 N–H and O–H groups in total. The average molecular weight is 261 g/mol. The van der Waals surface area contributed by atoms with Crippen LogP contribution in [0.5, 0.6) is 0 Å². The van der Waals surface area contributed by atoms with E-state index >= 15 is 0 Å². The van der Waals surface area contributed by atoms with Crippen LogP contribution in [0, 0.1) is 0 Å². The lowest BCUT2D eigenvalue weighted by Crippen LogP contribution is -2.36. The van der Waals surface area contributed by atoms with Crippen molar-refractivity contribution >= 4 is 29.1 Å². The number of rotatable bonds is 4. The van der Waals surface area contributed by atoms with Crippen LogP contribution in [-0.4, -0.2) is 25.0 Å². The minimum absolute atomic E-state index is 0.0315. The minimum Gasteiger partial charge on any atom is -0.289 e. The van der Waals surface area contributed by atoms with Crippen LogP contribution < -0.4 is 5.43 Å². The van der Waals surface area contributed by atoms with Crippen LogP contribution in [0.15, 0.2) is 18.2 Å². The molecule has 0 spiro atoms. The summed E-state index contributed by atoms with van der Waals surface area (Å²) in [6.07, 6.45) is 1.01. The number of nitrogens with one attached hydrogen (secondary N) is 1. The molecule has 0 aromatic heterocycles. The molecule has 5 heteroatoms. The van der Waals surface area contributed by atoms with E-state index in [9.17, 15) is 4.79 Å². The molecule has 0 atom stereocenters. The number of aryl methyl sites for hydroxylation is 1. The summed E-state index contributed by atoms with van der Waals surface area (Å²) in [5.41, 5.74) is 3.60. The molecule has 1 aromatic carbocycles. The second kappa shape index (κ2) is 6.09. The van der Waals surface area contributed by atoms with E-state index < -0.39 is 0 Å². The Hall–Kier alpha value is -0.770. The molecule has 0 aliphatic carbocycles. The Morgan fingerprint density at radius 2 is 2.06 bits per heavy atom. The summed E-state index contributed by atoms with van der Waals surface area (Å²) in [6.45, 7) is 0. The predicted molar refractivity (Wildman–Crippen MR) is 66.6 cm³/mol. The molecule has 0 radical (unpaired) electrons. The Bertz CT molecular complexity index is 380. The highest BCUT2D eigenvalue weighted by atomic mass is 35.5. The summed E-state index contributed by atoms with van der Waals surface area (Å²) in [5, 5.41) is 2.82. The van der Waals surface area contributed by atoms with Gasteiger partial charge in [-0.25, -0.2) is 5.01 Å². The number of carbonyl (C=O) groups excluding carboxylic acids is 1. The minimum atomic E-state index is -0.0315. The first kappa shape index (κ1) is 13.3. The molecule has 0 aliphatic heterocycles. The van der Waals surface area contributed by atoms with Crippen LogP contribution >= 0.6 is 23.2 Å². The van der Waals surface area contributed by atoms with Crippen molar-refractivity contribution in [3.05, 3.63) is 33.8 Å². The van der Waals surface area contributed by atoms with E-state index in [1.807, 2.05) is 6.07 Å². The Labute approximate surface area is 105 Å². The number of hydrogen-bond donors (Lipinski definition) is 1. The standard InChI is InChI=1S/C11H14Cl2N2O/c1-15(2)14-11(16)6-4-8-3-5-9(12)7-10(8)13/h3,5,7H,4,6H2,1-2H3,(H,14,16). The summed E-state index contributed by atoms with van der Waals surface area (Å²) in [5.74, 6) is -0.0315. The van der Waals surface area contributed by atoms with Gasteiger partial charge >= 0.3 is 0 Å². The molecule has 1 rings (SSSR count). The zero-order chi connectivity index (χ0) is 12.1. The number of halogens is 2. The highest BCUT2D eigenvalue weighted by Gasteiger charge is 2.06. The van der Waals surface area contributed by atoms with Crippen LogP contribution in [0.1, 0.15) is 12.0 Å². The van der Waals surface area contributed by atoms with E-state index in [2.05, 4.69) is 5.43 Å². The Morgan fingerprint density at radius 3 is 2.62 bits per heavy atom. The third kappa shape index (κ3) is 4.39. The fourth-order valence-electron chi connectivity index (χ4n) is 1.28. The fourth-order valence-corrected chi connectivity index (χ4v) is 1.78. The maximum atomic E-state index is 11.4. The smallest absolute Gasteiger partial charge is 0.234 e. The number of amides is 1. The highest BCUT2D eigenvalue weighted by molar-refractivity contribution is 6.35. The summed E-state index contributed by atoms with van der Waals surface area (Å²) >= 11 is 11.8. The van der Waals surface area contributed by atoms with Gasteiger partial charge in [0, 0.05) is 30.6 Å². The van der Waals surface area contributed by atoms with E-state index in [1.54, 1.807) is 31.2 Å². The lowest BCUT2D eigenvalue weighted by Gasteiger charge is -2.11. The van der Waals surface area contributed by atoms with Gasteiger partial charge in [0.15, 0.2) is 0 Å². The molecular weight excluding hydrogens is 247 g/mol. The molecule has 0 heterocycles. The largest absolute Gasteiger partial charge is 0.289 e. The molecule has 0 saturated carbocycles. The molecule has 0 bridgehead atoms. The molecule has 3 nitrogen and oxygen atoms in total. The van der Waals surface area contributed by atoms with E-state index in [1.165, 1.54) is 0 Å². The Balaban J connectivity index is 2.51. The lowest BCUT2D eigenvalue weighted by atomic mass is 10.1. The molecule has 88 valence electrons. The van der Waals surface area contributed by atoms with Gasteiger partial charge in [-0.05, 0) is 24.1 Å². The van der Waals surface area contributed by atoms with Crippen LogP contribution in [0.3, 0.4) is 0 Å². The highest BCUT2D eigenvalue weighted by Crippen LogP contribution is 2.21. The number of hydrogen-bond acceptors (Lipinski definition) is 2. The predicted octanol–water partition coefficient (Wildman–Crippen LogP) is 2.52. The fraction of sp³-hybridized carbons (Fsp3) is 0.364. The zero-order valence-corrected chi connectivity index (χ0v) is 10.8. The van der Waals surface area contributed by atoms with Gasteiger partial charge in [0.05, 0.1) is 0 Å². The average Bonchev–Trinajstić information content (AvgIpc) is 2.15. The van der Waals surface area contributed by atoms with Gasteiger partial charge in [-0.3, -0.25) is 10.2 Å². The monoisotopic (exact) mass is 260 g/mol. The van der Waals surface area contributed by atoms with Crippen molar-refractivity contribution in [2.24, 2.45) is 0 Å². The maximum absolute atomic E-state index is 11.4. The van der Waals surface area contributed by atoms with Crippen LogP contribution in [-0.2, 0) is 11.2 Å². The van der Waals surface area contributed by atoms with Gasteiger partial charge < -0.3 is 0 Å². The van der Waals surface area contributed by atoms with Gasteiger partial charge in [-0.1, -0.05) is 29.3 Å². The molecule has 0 aliphatic rings. The molecular formula is C11H14Cl2N2O. The van der Waals surface area contributed by atoms with E-state index in [-0.39, 0.29) is 5.91 Å². The second-order valence-corrected chi connectivity index (χ2v) is 4.51. The number of nitrogens with zero attached hydrogens (tertiary/aromatic N) is 1. The summed E-state index contributed by atoms with van der Waals surface area (Å²) in [4.78, 5) is 11.4. The van der Waals surface area contributed by atoms with Gasteiger partial charge in [-0.15, -0.1) is 0 Å². The van der Waals surface area contributed by atoms with Crippen molar-refractivity contribution in [2.45, 2.75) is 12.8 Å². The second-order valence-electron chi connectivity index (χ2n) is 3.67. The summed E-state index contributed by atoms with van der Waals surface area (Å²) in [6, 6.07) is 5.29. The molecule has 0 fully saturated rings. The Kier molecular flexibility index (Phi) is 5.06. The third-order valence-corrected chi connectivity index (χ3v) is 2.57. The summed E-state index contributed by atoms with van der Waals surface area (Å²) in [7, 11) is 3.54. The number of carbonyl (C=O) groups is 1. The van der Waals surface area contributed by atoms with Gasteiger partial charge in [-0.2, -0.15) is 0 Å².